The van der Waals surface area contributed by atoms with Crippen molar-refractivity contribution in [3.8, 4) is 5.75 Å². The summed E-state index contributed by atoms with van der Waals surface area (Å²) in [6.07, 6.45) is 5.17. The van der Waals surface area contributed by atoms with Crippen molar-refractivity contribution < 1.29 is 14.3 Å². The number of esters is 1. The molecule has 7 heteroatoms. The molecule has 0 bridgehead atoms. The molecule has 1 atom stereocenters. The van der Waals surface area contributed by atoms with Crippen molar-refractivity contribution in [1.82, 2.24) is 9.80 Å². The number of likely N-dealkylation sites (tertiary alicyclic amines) is 2. The van der Waals surface area contributed by atoms with E-state index < -0.39 is 0 Å². The fourth-order valence-corrected chi connectivity index (χ4v) is 5.39. The van der Waals surface area contributed by atoms with E-state index in [9.17, 15) is 4.79 Å². The average molecular weight is 505 g/mol. The number of halogens is 2. The fraction of sp³-hybridized carbons (Fsp3) is 0.519. The predicted molar refractivity (Wildman–Crippen MR) is 137 cm³/mol. The van der Waals surface area contributed by atoms with Crippen molar-refractivity contribution >= 4 is 29.2 Å². The standard InChI is InChI=1S/C27H34Cl2N2O3/c1-33-27(32)26(17-20-5-3-2-4-6-20)31-15-9-21(10-16-31)19-30-13-11-22(12-14-30)34-23-7-8-24(28)25(29)18-23/h2-8,18,21-22,26H,9-17,19H2,1H3/t26-/m0/s1. The molecule has 0 aromatic heterocycles. The smallest absolute Gasteiger partial charge is 0.323 e. The van der Waals surface area contributed by atoms with Gasteiger partial charge in [0.15, 0.2) is 0 Å². The molecule has 2 aromatic rings. The molecule has 2 heterocycles. The Morgan fingerprint density at radius 2 is 1.68 bits per heavy atom. The van der Waals surface area contributed by atoms with Crippen LogP contribution in [0, 0.1) is 5.92 Å². The lowest BCUT2D eigenvalue weighted by molar-refractivity contribution is -0.147. The zero-order valence-electron chi connectivity index (χ0n) is 19.8. The Labute approximate surface area is 212 Å². The van der Waals surface area contributed by atoms with Crippen LogP contribution in [-0.2, 0) is 16.0 Å². The van der Waals surface area contributed by atoms with Gasteiger partial charge in [-0.15, -0.1) is 0 Å². The van der Waals surface area contributed by atoms with Crippen LogP contribution in [0.25, 0.3) is 0 Å². The maximum Gasteiger partial charge on any atom is 0.323 e. The predicted octanol–water partition coefficient (Wildman–Crippen LogP) is 5.33. The first-order valence-electron chi connectivity index (χ1n) is 12.2. The summed E-state index contributed by atoms with van der Waals surface area (Å²) in [5.41, 5.74) is 1.17. The summed E-state index contributed by atoms with van der Waals surface area (Å²) in [4.78, 5) is 17.4. The molecule has 2 aromatic carbocycles. The van der Waals surface area contributed by atoms with E-state index in [2.05, 4.69) is 21.9 Å². The van der Waals surface area contributed by atoms with Crippen LogP contribution in [0.5, 0.6) is 5.75 Å². The van der Waals surface area contributed by atoms with E-state index in [1.807, 2.05) is 24.3 Å². The van der Waals surface area contributed by atoms with Gasteiger partial charge in [0.25, 0.3) is 0 Å². The van der Waals surface area contributed by atoms with Gasteiger partial charge in [0.1, 0.15) is 17.9 Å². The zero-order valence-corrected chi connectivity index (χ0v) is 21.3. The number of carbonyl (C=O) groups excluding carboxylic acids is 1. The van der Waals surface area contributed by atoms with Gasteiger partial charge >= 0.3 is 5.97 Å². The van der Waals surface area contributed by atoms with E-state index in [-0.39, 0.29) is 18.1 Å². The van der Waals surface area contributed by atoms with E-state index in [4.69, 9.17) is 32.7 Å². The molecule has 0 saturated carbocycles. The van der Waals surface area contributed by atoms with E-state index in [0.717, 1.165) is 64.2 Å². The molecule has 5 nitrogen and oxygen atoms in total. The van der Waals surface area contributed by atoms with Crippen LogP contribution in [0.4, 0.5) is 0 Å². The van der Waals surface area contributed by atoms with Gasteiger partial charge in [0.05, 0.1) is 17.2 Å². The van der Waals surface area contributed by atoms with E-state index in [1.54, 1.807) is 12.1 Å². The zero-order chi connectivity index (χ0) is 23.9. The Balaban J connectivity index is 1.21. The molecule has 0 aliphatic carbocycles. The highest BCUT2D eigenvalue weighted by Gasteiger charge is 2.32. The molecule has 0 amide bonds. The molecule has 2 fully saturated rings. The van der Waals surface area contributed by atoms with Crippen LogP contribution >= 0.6 is 23.2 Å². The third kappa shape index (κ3) is 6.88. The maximum atomic E-state index is 12.5. The highest BCUT2D eigenvalue weighted by atomic mass is 35.5. The summed E-state index contributed by atoms with van der Waals surface area (Å²) in [5, 5.41) is 1.08. The molecule has 0 radical (unpaired) electrons. The minimum absolute atomic E-state index is 0.133. The molecule has 2 saturated heterocycles. The quantitative estimate of drug-likeness (QED) is 0.454. The average Bonchev–Trinajstić information content (AvgIpc) is 2.87. The molecular formula is C27H34Cl2N2O3. The second kappa shape index (κ2) is 12.3. The molecule has 2 aliphatic heterocycles. The molecule has 0 N–H and O–H groups in total. The summed E-state index contributed by atoms with van der Waals surface area (Å²) in [6.45, 7) is 5.09. The maximum absolute atomic E-state index is 12.5. The fourth-order valence-electron chi connectivity index (χ4n) is 5.10. The third-order valence-corrected chi connectivity index (χ3v) is 7.82. The van der Waals surface area contributed by atoms with Crippen molar-refractivity contribution in [3.63, 3.8) is 0 Å². The summed E-state index contributed by atoms with van der Waals surface area (Å²) in [6, 6.07) is 15.5. The normalized spacial score (nSPS) is 19.6. The Kier molecular flexibility index (Phi) is 9.12. The van der Waals surface area contributed by atoms with Crippen molar-refractivity contribution in [3.05, 3.63) is 64.1 Å². The first-order valence-corrected chi connectivity index (χ1v) is 13.0. The Morgan fingerprint density at radius 3 is 2.32 bits per heavy atom. The highest BCUT2D eigenvalue weighted by Crippen LogP contribution is 2.29. The highest BCUT2D eigenvalue weighted by molar-refractivity contribution is 6.42. The van der Waals surface area contributed by atoms with Crippen LogP contribution in [-0.4, -0.2) is 67.7 Å². The van der Waals surface area contributed by atoms with Gasteiger partial charge in [-0.1, -0.05) is 53.5 Å². The summed E-state index contributed by atoms with van der Waals surface area (Å²) in [7, 11) is 1.49. The van der Waals surface area contributed by atoms with Crippen molar-refractivity contribution in [2.24, 2.45) is 5.92 Å². The topological polar surface area (TPSA) is 42.0 Å². The summed E-state index contributed by atoms with van der Waals surface area (Å²) >= 11 is 12.1. The molecule has 4 rings (SSSR count). The summed E-state index contributed by atoms with van der Waals surface area (Å²) < 4.78 is 11.3. The molecule has 0 spiro atoms. The molecular weight excluding hydrogens is 471 g/mol. The number of rotatable bonds is 8. The van der Waals surface area contributed by atoms with Crippen molar-refractivity contribution in [2.75, 3.05) is 39.8 Å². The number of carbonyl (C=O) groups is 1. The number of hydrogen-bond donors (Lipinski definition) is 0. The SMILES string of the molecule is COC(=O)[C@H](Cc1ccccc1)N1CCC(CN2CCC(Oc3ccc(Cl)c(Cl)c3)CC2)CC1. The van der Waals surface area contributed by atoms with Gasteiger partial charge in [0.2, 0.25) is 0 Å². The second-order valence-corrected chi connectivity index (χ2v) is 10.2. The number of piperidine rings is 2. The van der Waals surface area contributed by atoms with Gasteiger partial charge in [-0.25, -0.2) is 0 Å². The molecule has 184 valence electrons. The van der Waals surface area contributed by atoms with E-state index >= 15 is 0 Å². The molecule has 2 aliphatic rings. The van der Waals surface area contributed by atoms with Crippen LogP contribution in [0.1, 0.15) is 31.2 Å². The molecule has 0 unspecified atom stereocenters. The number of hydrogen-bond acceptors (Lipinski definition) is 5. The van der Waals surface area contributed by atoms with Crippen LogP contribution in [0.15, 0.2) is 48.5 Å². The first-order chi connectivity index (χ1) is 16.5. The Hall–Kier alpha value is -1.79. The Bertz CT molecular complexity index is 927. The molecule has 34 heavy (non-hydrogen) atoms. The number of methoxy groups -OCH3 is 1. The second-order valence-electron chi connectivity index (χ2n) is 9.40. The lowest BCUT2D eigenvalue weighted by Gasteiger charge is -2.39. The largest absolute Gasteiger partial charge is 0.490 e. The minimum atomic E-state index is -0.206. The van der Waals surface area contributed by atoms with Gasteiger partial charge in [-0.2, -0.15) is 0 Å². The van der Waals surface area contributed by atoms with Gasteiger partial charge in [-0.3, -0.25) is 9.69 Å². The van der Waals surface area contributed by atoms with Gasteiger partial charge < -0.3 is 14.4 Å². The van der Waals surface area contributed by atoms with Gasteiger partial charge in [0, 0.05) is 25.7 Å². The van der Waals surface area contributed by atoms with Crippen molar-refractivity contribution in [1.29, 1.82) is 0 Å². The van der Waals surface area contributed by atoms with Crippen LogP contribution < -0.4 is 4.74 Å². The third-order valence-electron chi connectivity index (χ3n) is 7.08. The van der Waals surface area contributed by atoms with E-state index in [1.165, 1.54) is 12.7 Å². The number of benzene rings is 2. The monoisotopic (exact) mass is 504 g/mol. The van der Waals surface area contributed by atoms with Gasteiger partial charge in [-0.05, 0) is 68.8 Å². The lowest BCUT2D eigenvalue weighted by atomic mass is 9.93. The van der Waals surface area contributed by atoms with E-state index in [0.29, 0.717) is 22.4 Å². The summed E-state index contributed by atoms with van der Waals surface area (Å²) in [5.74, 6) is 1.32. The Morgan fingerprint density at radius 1 is 0.971 bits per heavy atom. The van der Waals surface area contributed by atoms with Crippen LogP contribution in [0.3, 0.4) is 0 Å². The first kappa shape index (κ1) is 25.3. The van der Waals surface area contributed by atoms with Crippen LogP contribution in [0.2, 0.25) is 10.0 Å². The minimum Gasteiger partial charge on any atom is -0.490 e. The number of nitrogens with zero attached hydrogens (tertiary/aromatic N) is 2. The number of ether oxygens (including phenoxy) is 2. The lowest BCUT2D eigenvalue weighted by Crippen LogP contribution is -2.49. The van der Waals surface area contributed by atoms with Crippen molar-refractivity contribution in [2.45, 2.75) is 44.2 Å².